The molecule has 3 aromatic rings. The molecule has 27 heavy (non-hydrogen) atoms. The van der Waals surface area contributed by atoms with Gasteiger partial charge in [0, 0.05) is 36.5 Å². The number of aromatic nitrogens is 3. The van der Waals surface area contributed by atoms with E-state index < -0.39 is 0 Å². The van der Waals surface area contributed by atoms with Crippen molar-refractivity contribution in [2.75, 3.05) is 6.61 Å². The van der Waals surface area contributed by atoms with Gasteiger partial charge in [-0.2, -0.15) is 0 Å². The molecule has 0 aliphatic carbocycles. The van der Waals surface area contributed by atoms with Crippen LogP contribution in [0, 0.1) is 11.8 Å². The summed E-state index contributed by atoms with van der Waals surface area (Å²) in [5.41, 5.74) is 7.42. The molecule has 0 spiro atoms. The third-order valence-corrected chi connectivity index (χ3v) is 4.04. The molecule has 0 saturated carbocycles. The van der Waals surface area contributed by atoms with E-state index in [0.29, 0.717) is 18.9 Å². The van der Waals surface area contributed by atoms with E-state index in [-0.39, 0.29) is 6.04 Å². The van der Waals surface area contributed by atoms with Gasteiger partial charge in [-0.25, -0.2) is 4.98 Å². The van der Waals surface area contributed by atoms with Crippen LogP contribution >= 0.6 is 0 Å². The second-order valence-electron chi connectivity index (χ2n) is 6.40. The molecule has 6 heteroatoms. The SMILES string of the molecule is CCc1nccn1Cc1cc(C#Cc2ccc(OCCC(C)N)cc2)on1. The van der Waals surface area contributed by atoms with Crippen LogP contribution in [0.2, 0.25) is 0 Å². The molecule has 0 aliphatic heterocycles. The number of aryl methyl sites for hydroxylation is 1. The largest absolute Gasteiger partial charge is 0.494 e. The van der Waals surface area contributed by atoms with Crippen molar-refractivity contribution in [2.24, 2.45) is 5.73 Å². The van der Waals surface area contributed by atoms with E-state index in [1.807, 2.05) is 43.5 Å². The molecule has 1 unspecified atom stereocenters. The van der Waals surface area contributed by atoms with E-state index in [2.05, 4.69) is 33.5 Å². The Morgan fingerprint density at radius 1 is 1.26 bits per heavy atom. The summed E-state index contributed by atoms with van der Waals surface area (Å²) in [6, 6.07) is 9.65. The molecule has 0 fully saturated rings. The molecule has 2 N–H and O–H groups in total. The minimum atomic E-state index is 0.143. The Morgan fingerprint density at radius 2 is 2.07 bits per heavy atom. The Hall–Kier alpha value is -3.04. The summed E-state index contributed by atoms with van der Waals surface area (Å²) in [5.74, 6) is 8.46. The van der Waals surface area contributed by atoms with Crippen molar-refractivity contribution in [3.05, 3.63) is 65.6 Å². The van der Waals surface area contributed by atoms with Crippen molar-refractivity contribution in [3.63, 3.8) is 0 Å². The van der Waals surface area contributed by atoms with E-state index in [1.54, 1.807) is 6.20 Å². The lowest BCUT2D eigenvalue weighted by Crippen LogP contribution is -2.18. The van der Waals surface area contributed by atoms with Crippen LogP contribution in [0.3, 0.4) is 0 Å². The Labute approximate surface area is 159 Å². The van der Waals surface area contributed by atoms with Gasteiger partial charge < -0.3 is 19.6 Å². The highest BCUT2D eigenvalue weighted by Crippen LogP contribution is 2.12. The van der Waals surface area contributed by atoms with E-state index in [1.165, 1.54) is 0 Å². The van der Waals surface area contributed by atoms with Gasteiger partial charge in [0.25, 0.3) is 0 Å². The zero-order valence-electron chi connectivity index (χ0n) is 15.7. The standard InChI is InChI=1S/C21H24N4O2/c1-3-21-23-11-12-25(21)15-18-14-20(27-24-18)9-6-17-4-7-19(8-5-17)26-13-10-16(2)22/h4-5,7-8,11-12,14,16H,3,10,13,15,22H2,1-2H3. The Kier molecular flexibility index (Phi) is 6.29. The molecule has 0 amide bonds. The zero-order valence-corrected chi connectivity index (χ0v) is 15.7. The number of rotatable bonds is 7. The fourth-order valence-electron chi connectivity index (χ4n) is 2.55. The number of benzene rings is 1. The molecule has 0 aliphatic rings. The molecule has 2 aromatic heterocycles. The average Bonchev–Trinajstić information content (AvgIpc) is 3.30. The fraction of sp³-hybridized carbons (Fsp3) is 0.333. The average molecular weight is 364 g/mol. The van der Waals surface area contributed by atoms with E-state index in [4.69, 9.17) is 15.0 Å². The number of ether oxygens (including phenoxy) is 1. The number of hydrogen-bond donors (Lipinski definition) is 1. The lowest BCUT2D eigenvalue weighted by atomic mass is 10.2. The van der Waals surface area contributed by atoms with Gasteiger partial charge in [0.05, 0.1) is 13.2 Å². The number of nitrogens with zero attached hydrogens (tertiary/aromatic N) is 3. The van der Waals surface area contributed by atoms with Gasteiger partial charge >= 0.3 is 0 Å². The third-order valence-electron chi connectivity index (χ3n) is 4.04. The first kappa shape index (κ1) is 18.7. The summed E-state index contributed by atoms with van der Waals surface area (Å²) in [7, 11) is 0. The van der Waals surface area contributed by atoms with Crippen molar-refractivity contribution in [1.82, 2.24) is 14.7 Å². The van der Waals surface area contributed by atoms with Gasteiger partial charge in [0.2, 0.25) is 5.76 Å². The predicted molar refractivity (Wildman–Crippen MR) is 103 cm³/mol. The number of imidazole rings is 1. The summed E-state index contributed by atoms with van der Waals surface area (Å²) in [4.78, 5) is 4.31. The maximum absolute atomic E-state index is 5.71. The number of nitrogens with two attached hydrogens (primary N) is 1. The third kappa shape index (κ3) is 5.47. The van der Waals surface area contributed by atoms with Crippen molar-refractivity contribution in [1.29, 1.82) is 0 Å². The highest BCUT2D eigenvalue weighted by atomic mass is 16.5. The first-order chi connectivity index (χ1) is 13.1. The van der Waals surface area contributed by atoms with E-state index in [0.717, 1.165) is 35.7 Å². The molecule has 1 aromatic carbocycles. The van der Waals surface area contributed by atoms with Crippen LogP contribution in [0.15, 0.2) is 47.2 Å². The minimum absolute atomic E-state index is 0.143. The second kappa shape index (κ2) is 9.06. The summed E-state index contributed by atoms with van der Waals surface area (Å²) < 4.78 is 13.0. The molecule has 0 bridgehead atoms. The van der Waals surface area contributed by atoms with Crippen LogP contribution in [0.4, 0.5) is 0 Å². The Balaban J connectivity index is 1.58. The normalized spacial score (nSPS) is 11.7. The van der Waals surface area contributed by atoms with Crippen LogP contribution in [-0.2, 0) is 13.0 Å². The molecule has 1 atom stereocenters. The van der Waals surface area contributed by atoms with Gasteiger partial charge in [-0.05, 0) is 43.5 Å². The van der Waals surface area contributed by atoms with Crippen LogP contribution in [-0.4, -0.2) is 27.4 Å². The summed E-state index contributed by atoms with van der Waals surface area (Å²) in [6.07, 6.45) is 5.44. The lowest BCUT2D eigenvalue weighted by molar-refractivity contribution is 0.301. The van der Waals surface area contributed by atoms with Crippen LogP contribution in [0.1, 0.15) is 43.1 Å². The van der Waals surface area contributed by atoms with Crippen molar-refractivity contribution >= 4 is 0 Å². The molecular weight excluding hydrogens is 340 g/mol. The Morgan fingerprint density at radius 3 is 2.81 bits per heavy atom. The molecule has 0 radical (unpaired) electrons. The maximum atomic E-state index is 5.71. The topological polar surface area (TPSA) is 79.1 Å². The lowest BCUT2D eigenvalue weighted by Gasteiger charge is -2.07. The van der Waals surface area contributed by atoms with Crippen LogP contribution < -0.4 is 10.5 Å². The summed E-state index contributed by atoms with van der Waals surface area (Å²) in [5, 5.41) is 4.08. The quantitative estimate of drug-likeness (QED) is 0.652. The van der Waals surface area contributed by atoms with Gasteiger partial charge in [0.1, 0.15) is 17.3 Å². The van der Waals surface area contributed by atoms with Gasteiger partial charge in [-0.3, -0.25) is 0 Å². The van der Waals surface area contributed by atoms with Gasteiger partial charge in [0.15, 0.2) is 0 Å². The molecule has 140 valence electrons. The van der Waals surface area contributed by atoms with Crippen molar-refractivity contribution in [3.8, 4) is 17.6 Å². The molecule has 2 heterocycles. The molecule has 0 saturated heterocycles. The van der Waals surface area contributed by atoms with Crippen LogP contribution in [0.5, 0.6) is 5.75 Å². The van der Waals surface area contributed by atoms with E-state index in [9.17, 15) is 0 Å². The highest BCUT2D eigenvalue weighted by molar-refractivity contribution is 5.41. The van der Waals surface area contributed by atoms with Gasteiger partial charge in [-0.15, -0.1) is 0 Å². The maximum Gasteiger partial charge on any atom is 0.210 e. The monoisotopic (exact) mass is 364 g/mol. The fourth-order valence-corrected chi connectivity index (χ4v) is 2.55. The first-order valence-electron chi connectivity index (χ1n) is 9.10. The van der Waals surface area contributed by atoms with Gasteiger partial charge in [-0.1, -0.05) is 18.0 Å². The summed E-state index contributed by atoms with van der Waals surface area (Å²) >= 11 is 0. The predicted octanol–water partition coefficient (Wildman–Crippen LogP) is 3.00. The summed E-state index contributed by atoms with van der Waals surface area (Å²) in [6.45, 7) is 5.28. The zero-order chi connectivity index (χ0) is 19.1. The molecule has 3 rings (SSSR count). The van der Waals surface area contributed by atoms with Crippen LogP contribution in [0.25, 0.3) is 0 Å². The minimum Gasteiger partial charge on any atom is -0.494 e. The molecule has 6 nitrogen and oxygen atoms in total. The molecular formula is C21H24N4O2. The Bertz CT molecular complexity index is 914. The van der Waals surface area contributed by atoms with Crippen molar-refractivity contribution in [2.45, 2.75) is 39.3 Å². The highest BCUT2D eigenvalue weighted by Gasteiger charge is 2.06. The smallest absolute Gasteiger partial charge is 0.210 e. The number of hydrogen-bond acceptors (Lipinski definition) is 5. The second-order valence-corrected chi connectivity index (χ2v) is 6.40. The van der Waals surface area contributed by atoms with Crippen molar-refractivity contribution < 1.29 is 9.26 Å². The first-order valence-corrected chi connectivity index (χ1v) is 9.10. The van der Waals surface area contributed by atoms with E-state index >= 15 is 0 Å².